The smallest absolute Gasteiger partial charge is 0.178 e. The number of anilines is 1. The number of phenolic OH excluding ortho intramolecular Hbond substituents is 2. The van der Waals surface area contributed by atoms with E-state index in [1.807, 2.05) is 6.92 Å². The van der Waals surface area contributed by atoms with E-state index in [9.17, 15) is 18.6 Å². The van der Waals surface area contributed by atoms with Crippen LogP contribution < -0.4 is 5.32 Å². The zero-order chi connectivity index (χ0) is 25.7. The van der Waals surface area contributed by atoms with E-state index in [4.69, 9.17) is 0 Å². The van der Waals surface area contributed by atoms with Crippen LogP contribution >= 0.6 is 0 Å². The molecule has 0 saturated heterocycles. The van der Waals surface area contributed by atoms with Crippen molar-refractivity contribution in [1.29, 1.82) is 0 Å². The molecule has 0 radical (unpaired) electrons. The van der Waals surface area contributed by atoms with E-state index in [1.54, 1.807) is 61.5 Å². The molecule has 0 heterocycles. The van der Waals surface area contributed by atoms with Crippen LogP contribution in [0.25, 0.3) is 10.8 Å². The third-order valence-electron chi connectivity index (χ3n) is 5.48. The number of para-hydroxylation sites is 1. The first-order valence-corrected chi connectivity index (χ1v) is 13.0. The molecule has 0 bridgehead atoms. The van der Waals surface area contributed by atoms with Crippen molar-refractivity contribution in [1.82, 2.24) is 0 Å². The predicted molar refractivity (Wildman–Crippen MR) is 140 cm³/mol. The number of nitrogens with one attached hydrogen (secondary N) is 1. The molecular formula is C26H25N5O4S. The van der Waals surface area contributed by atoms with Crippen molar-refractivity contribution in [2.75, 3.05) is 17.6 Å². The van der Waals surface area contributed by atoms with Crippen molar-refractivity contribution in [3.63, 3.8) is 0 Å². The number of aromatic hydroxyl groups is 2. The Balaban J connectivity index is 1.73. The average molecular weight is 504 g/mol. The highest BCUT2D eigenvalue weighted by molar-refractivity contribution is 7.91. The molecule has 0 aromatic heterocycles. The first-order chi connectivity index (χ1) is 17.3. The number of nitrogens with zero attached hydrogens (tertiary/aromatic N) is 4. The molecule has 4 aromatic rings. The largest absolute Gasteiger partial charge is 0.506 e. The standard InChI is InChI=1S/C26H25N5O4S/c1-3-27-22-15-14-20-19(13-16-23(26(20)33)30-29-21-7-5-6-8-24(21)32)25(22)31-28-17-9-11-18(12-10-17)36(34,35)4-2/h5-16,27,32-33H,3-4H2,1-2H3/b30-29+,31-28+. The van der Waals surface area contributed by atoms with E-state index in [1.165, 1.54) is 18.2 Å². The molecule has 9 nitrogen and oxygen atoms in total. The van der Waals surface area contributed by atoms with Gasteiger partial charge in [-0.3, -0.25) is 0 Å². The van der Waals surface area contributed by atoms with Crippen molar-refractivity contribution >= 4 is 49.0 Å². The van der Waals surface area contributed by atoms with Gasteiger partial charge in [0.15, 0.2) is 15.6 Å². The molecule has 0 unspecified atom stereocenters. The van der Waals surface area contributed by atoms with Gasteiger partial charge in [0.1, 0.15) is 22.8 Å². The van der Waals surface area contributed by atoms with Gasteiger partial charge in [-0.2, -0.15) is 5.11 Å². The molecule has 4 aromatic carbocycles. The molecule has 184 valence electrons. The third-order valence-corrected chi connectivity index (χ3v) is 7.23. The van der Waals surface area contributed by atoms with Gasteiger partial charge in [0.05, 0.1) is 22.0 Å². The SMILES string of the molecule is CCNc1ccc2c(O)c(/N=N/c3ccccc3O)ccc2c1/N=N/c1ccc(S(=O)(=O)CC)cc1. The van der Waals surface area contributed by atoms with Gasteiger partial charge in [-0.15, -0.1) is 15.3 Å². The lowest BCUT2D eigenvalue weighted by molar-refractivity contribution is 0.475. The van der Waals surface area contributed by atoms with Crippen LogP contribution in [0.3, 0.4) is 0 Å². The second kappa shape index (κ2) is 10.5. The molecule has 0 spiro atoms. The average Bonchev–Trinajstić information content (AvgIpc) is 2.89. The summed E-state index contributed by atoms with van der Waals surface area (Å²) in [5.74, 6) is -0.0758. The fraction of sp³-hybridized carbons (Fsp3) is 0.154. The van der Waals surface area contributed by atoms with Crippen LogP contribution in [0.2, 0.25) is 0 Å². The second-order valence-electron chi connectivity index (χ2n) is 7.81. The van der Waals surface area contributed by atoms with Crippen molar-refractivity contribution in [2.45, 2.75) is 18.7 Å². The van der Waals surface area contributed by atoms with Gasteiger partial charge in [0.25, 0.3) is 0 Å². The summed E-state index contributed by atoms with van der Waals surface area (Å²) < 4.78 is 24.1. The number of hydrogen-bond donors (Lipinski definition) is 3. The lowest BCUT2D eigenvalue weighted by Gasteiger charge is -2.11. The normalized spacial score (nSPS) is 12.1. The number of benzene rings is 4. The van der Waals surface area contributed by atoms with Gasteiger partial charge in [0, 0.05) is 17.3 Å². The van der Waals surface area contributed by atoms with Crippen molar-refractivity contribution in [3.05, 3.63) is 72.8 Å². The Morgan fingerprint density at radius 3 is 2.14 bits per heavy atom. The molecule has 10 heteroatoms. The van der Waals surface area contributed by atoms with E-state index in [2.05, 4.69) is 25.8 Å². The van der Waals surface area contributed by atoms with E-state index in [-0.39, 0.29) is 33.5 Å². The summed E-state index contributed by atoms with van der Waals surface area (Å²) in [5.41, 5.74) is 2.24. The number of sulfone groups is 1. The second-order valence-corrected chi connectivity index (χ2v) is 10.1. The van der Waals surface area contributed by atoms with Crippen LogP contribution in [0, 0.1) is 0 Å². The molecule has 0 aliphatic heterocycles. The Morgan fingerprint density at radius 1 is 0.750 bits per heavy atom. The quantitative estimate of drug-likeness (QED) is 0.217. The maximum absolute atomic E-state index is 12.0. The Bertz CT molecular complexity index is 1570. The minimum atomic E-state index is -3.30. The summed E-state index contributed by atoms with van der Waals surface area (Å²) in [6.45, 7) is 4.20. The zero-order valence-electron chi connectivity index (χ0n) is 19.8. The fourth-order valence-corrected chi connectivity index (χ4v) is 4.42. The molecule has 0 amide bonds. The Labute approximate surface area is 208 Å². The molecule has 36 heavy (non-hydrogen) atoms. The van der Waals surface area contributed by atoms with Crippen LogP contribution in [-0.2, 0) is 9.84 Å². The summed E-state index contributed by atoms with van der Waals surface area (Å²) in [5, 5.41) is 42.0. The summed E-state index contributed by atoms with van der Waals surface area (Å²) in [4.78, 5) is 0.234. The van der Waals surface area contributed by atoms with Gasteiger partial charge in [-0.05, 0) is 67.6 Å². The maximum Gasteiger partial charge on any atom is 0.178 e. The van der Waals surface area contributed by atoms with Gasteiger partial charge < -0.3 is 15.5 Å². The molecule has 4 rings (SSSR count). The molecule has 0 atom stereocenters. The highest BCUT2D eigenvalue weighted by Gasteiger charge is 2.14. The number of phenols is 2. The number of fused-ring (bicyclic) bond motifs is 1. The molecule has 0 saturated carbocycles. The fourth-order valence-electron chi connectivity index (χ4n) is 3.53. The summed E-state index contributed by atoms with van der Waals surface area (Å²) in [7, 11) is -3.30. The van der Waals surface area contributed by atoms with E-state index < -0.39 is 9.84 Å². The molecule has 0 aliphatic carbocycles. The molecule has 0 aliphatic rings. The maximum atomic E-state index is 12.0. The number of azo groups is 2. The van der Waals surface area contributed by atoms with Gasteiger partial charge in [-0.1, -0.05) is 19.1 Å². The van der Waals surface area contributed by atoms with Crippen molar-refractivity contribution in [3.8, 4) is 11.5 Å². The summed E-state index contributed by atoms with van der Waals surface area (Å²) >= 11 is 0. The Kier molecular flexibility index (Phi) is 7.25. The van der Waals surface area contributed by atoms with Crippen LogP contribution in [0.1, 0.15) is 13.8 Å². The van der Waals surface area contributed by atoms with E-state index in [0.717, 1.165) is 5.69 Å². The first-order valence-electron chi connectivity index (χ1n) is 11.3. The van der Waals surface area contributed by atoms with Crippen molar-refractivity contribution < 1.29 is 18.6 Å². The first kappa shape index (κ1) is 24.8. The minimum absolute atomic E-state index is 0.0140. The van der Waals surface area contributed by atoms with Crippen LogP contribution in [-0.4, -0.2) is 30.9 Å². The predicted octanol–water partition coefficient (Wildman–Crippen LogP) is 7.31. The molecular weight excluding hydrogens is 478 g/mol. The monoisotopic (exact) mass is 503 g/mol. The molecule has 3 N–H and O–H groups in total. The topological polar surface area (TPSA) is 136 Å². The lowest BCUT2D eigenvalue weighted by atomic mass is 10.1. The minimum Gasteiger partial charge on any atom is -0.506 e. The third kappa shape index (κ3) is 5.18. The molecule has 0 fully saturated rings. The highest BCUT2D eigenvalue weighted by atomic mass is 32.2. The highest BCUT2D eigenvalue weighted by Crippen LogP contribution is 2.43. The van der Waals surface area contributed by atoms with E-state index >= 15 is 0 Å². The Morgan fingerprint density at radius 2 is 1.44 bits per heavy atom. The zero-order valence-corrected chi connectivity index (χ0v) is 20.6. The summed E-state index contributed by atoms with van der Waals surface area (Å²) in [6.07, 6.45) is 0. The Hall–Kier alpha value is -4.31. The van der Waals surface area contributed by atoms with Crippen LogP contribution in [0.15, 0.2) is 98.1 Å². The van der Waals surface area contributed by atoms with Crippen molar-refractivity contribution in [2.24, 2.45) is 20.5 Å². The van der Waals surface area contributed by atoms with Crippen LogP contribution in [0.4, 0.5) is 28.4 Å². The van der Waals surface area contributed by atoms with E-state index in [0.29, 0.717) is 28.7 Å². The number of hydrogen-bond acceptors (Lipinski definition) is 9. The van der Waals surface area contributed by atoms with Gasteiger partial charge in [0.2, 0.25) is 0 Å². The van der Waals surface area contributed by atoms with Crippen LogP contribution in [0.5, 0.6) is 11.5 Å². The van der Waals surface area contributed by atoms with Gasteiger partial charge >= 0.3 is 0 Å². The number of rotatable bonds is 8. The van der Waals surface area contributed by atoms with Gasteiger partial charge in [-0.25, -0.2) is 8.42 Å². The summed E-state index contributed by atoms with van der Waals surface area (Å²) in [6, 6.07) is 19.7. The lowest BCUT2D eigenvalue weighted by Crippen LogP contribution is -2.02.